The molecule has 2 atom stereocenters. The molecule has 0 heterocycles. The number of halogens is 1. The third-order valence-electron chi connectivity index (χ3n) is 3.56. The van der Waals surface area contributed by atoms with Crippen LogP contribution >= 0.6 is 0 Å². The van der Waals surface area contributed by atoms with Gasteiger partial charge in [0.15, 0.2) is 0 Å². The van der Waals surface area contributed by atoms with Gasteiger partial charge in [0.1, 0.15) is 5.82 Å². The summed E-state index contributed by atoms with van der Waals surface area (Å²) in [7, 11) is 1.92. The highest BCUT2D eigenvalue weighted by molar-refractivity contribution is 5.30. The van der Waals surface area contributed by atoms with Crippen molar-refractivity contribution in [2.45, 2.75) is 25.8 Å². The zero-order valence-electron chi connectivity index (χ0n) is 11.7. The Morgan fingerprint density at radius 1 is 1.00 bits per heavy atom. The van der Waals surface area contributed by atoms with Crippen molar-refractivity contribution >= 4 is 0 Å². The van der Waals surface area contributed by atoms with Crippen LogP contribution in [0.4, 0.5) is 4.39 Å². The highest BCUT2D eigenvalue weighted by atomic mass is 19.1. The minimum Gasteiger partial charge on any atom is -0.312 e. The first kappa shape index (κ1) is 13.8. The Bertz CT molecular complexity index is 516. The third kappa shape index (κ3) is 3.21. The second-order valence-corrected chi connectivity index (χ2v) is 5.03. The summed E-state index contributed by atoms with van der Waals surface area (Å²) >= 11 is 0. The van der Waals surface area contributed by atoms with Crippen molar-refractivity contribution in [1.29, 1.82) is 0 Å². The third-order valence-corrected chi connectivity index (χ3v) is 3.56. The van der Waals surface area contributed by atoms with Crippen molar-refractivity contribution in [3.8, 4) is 0 Å². The monoisotopic (exact) mass is 257 g/mol. The largest absolute Gasteiger partial charge is 0.312 e. The normalized spacial score (nSPS) is 14.1. The molecule has 0 aliphatic rings. The molecule has 0 bridgehead atoms. The van der Waals surface area contributed by atoms with E-state index < -0.39 is 0 Å². The van der Waals surface area contributed by atoms with Gasteiger partial charge in [0, 0.05) is 12.0 Å². The fourth-order valence-electron chi connectivity index (χ4n) is 2.60. The zero-order chi connectivity index (χ0) is 13.8. The fraction of sp³-hybridized carbons (Fsp3) is 0.294. The van der Waals surface area contributed by atoms with Crippen molar-refractivity contribution in [2.24, 2.45) is 0 Å². The maximum Gasteiger partial charge on any atom is 0.123 e. The van der Waals surface area contributed by atoms with E-state index >= 15 is 0 Å². The molecule has 0 saturated carbocycles. The molecule has 2 aromatic rings. The van der Waals surface area contributed by atoms with E-state index in [2.05, 4.69) is 24.4 Å². The lowest BCUT2D eigenvalue weighted by molar-refractivity contribution is 0.503. The lowest BCUT2D eigenvalue weighted by Crippen LogP contribution is -2.22. The van der Waals surface area contributed by atoms with E-state index in [1.807, 2.05) is 38.2 Å². The molecule has 0 aliphatic heterocycles. The molecule has 1 nitrogen and oxygen atoms in total. The Morgan fingerprint density at radius 2 is 1.68 bits per heavy atom. The second kappa shape index (κ2) is 5.98. The summed E-state index contributed by atoms with van der Waals surface area (Å²) in [5.74, 6) is 0.114. The van der Waals surface area contributed by atoms with Crippen molar-refractivity contribution in [3.05, 3.63) is 71.0 Å². The van der Waals surface area contributed by atoms with E-state index in [9.17, 15) is 4.39 Å². The quantitative estimate of drug-likeness (QED) is 0.865. The Labute approximate surface area is 114 Å². The first-order valence-corrected chi connectivity index (χ1v) is 6.61. The molecule has 0 aromatic heterocycles. The molecule has 0 amide bonds. The van der Waals surface area contributed by atoms with E-state index in [1.54, 1.807) is 12.1 Å². The summed E-state index contributed by atoms with van der Waals surface area (Å²) in [4.78, 5) is 0. The van der Waals surface area contributed by atoms with Gasteiger partial charge < -0.3 is 5.32 Å². The molecule has 1 N–H and O–H groups in total. The average Bonchev–Trinajstić information content (AvgIpc) is 2.39. The van der Waals surface area contributed by atoms with Gasteiger partial charge in [-0.1, -0.05) is 43.3 Å². The number of hydrogen-bond acceptors (Lipinski definition) is 1. The highest BCUT2D eigenvalue weighted by Gasteiger charge is 2.19. The van der Waals surface area contributed by atoms with Crippen LogP contribution in [0, 0.1) is 12.7 Å². The van der Waals surface area contributed by atoms with Crippen LogP contribution in [0.25, 0.3) is 0 Å². The summed E-state index contributed by atoms with van der Waals surface area (Å²) < 4.78 is 13.6. The molecule has 2 aromatic carbocycles. The highest BCUT2D eigenvalue weighted by Crippen LogP contribution is 2.31. The minimum absolute atomic E-state index is 0.108. The standard InChI is InChI=1S/C17H20FN/c1-12-9-15(11-16(18)10-12)17(19-3)13(2)14-7-5-4-6-8-14/h4-11,13,17,19H,1-3H3. The van der Waals surface area contributed by atoms with E-state index in [1.165, 1.54) is 5.56 Å². The van der Waals surface area contributed by atoms with Crippen LogP contribution in [0.5, 0.6) is 0 Å². The molecular formula is C17H20FN. The maximum atomic E-state index is 13.6. The van der Waals surface area contributed by atoms with Crippen LogP contribution in [0.3, 0.4) is 0 Å². The summed E-state index contributed by atoms with van der Waals surface area (Å²) in [6, 6.07) is 15.6. The first-order chi connectivity index (χ1) is 9.11. The van der Waals surface area contributed by atoms with Crippen LogP contribution in [0.2, 0.25) is 0 Å². The number of benzene rings is 2. The molecule has 0 radical (unpaired) electrons. The molecule has 2 rings (SSSR count). The van der Waals surface area contributed by atoms with E-state index in [4.69, 9.17) is 0 Å². The number of likely N-dealkylation sites (N-methyl/N-ethyl adjacent to an activating group) is 1. The van der Waals surface area contributed by atoms with Gasteiger partial charge >= 0.3 is 0 Å². The van der Waals surface area contributed by atoms with E-state index in [0.717, 1.165) is 11.1 Å². The number of rotatable bonds is 4. The molecule has 19 heavy (non-hydrogen) atoms. The van der Waals surface area contributed by atoms with Gasteiger partial charge in [-0.05, 0) is 42.8 Å². The topological polar surface area (TPSA) is 12.0 Å². The van der Waals surface area contributed by atoms with Crippen molar-refractivity contribution in [2.75, 3.05) is 7.05 Å². The van der Waals surface area contributed by atoms with Gasteiger partial charge in [0.05, 0.1) is 0 Å². The number of nitrogens with one attached hydrogen (secondary N) is 1. The Kier molecular flexibility index (Phi) is 4.33. The van der Waals surface area contributed by atoms with Gasteiger partial charge in [-0.15, -0.1) is 0 Å². The van der Waals surface area contributed by atoms with Crippen LogP contribution in [-0.2, 0) is 0 Å². The number of hydrogen-bond donors (Lipinski definition) is 1. The van der Waals surface area contributed by atoms with Crippen LogP contribution in [0.15, 0.2) is 48.5 Å². The van der Waals surface area contributed by atoms with E-state index in [-0.39, 0.29) is 17.8 Å². The summed E-state index contributed by atoms with van der Waals surface area (Å²) in [5, 5.41) is 3.30. The predicted octanol–water partition coefficient (Wildman–Crippen LogP) is 4.20. The van der Waals surface area contributed by atoms with Gasteiger partial charge in [-0.25, -0.2) is 4.39 Å². The van der Waals surface area contributed by atoms with Gasteiger partial charge in [0.25, 0.3) is 0 Å². The van der Waals surface area contributed by atoms with Crippen LogP contribution < -0.4 is 5.32 Å². The minimum atomic E-state index is -0.171. The Morgan fingerprint density at radius 3 is 2.26 bits per heavy atom. The fourth-order valence-corrected chi connectivity index (χ4v) is 2.60. The second-order valence-electron chi connectivity index (χ2n) is 5.03. The van der Waals surface area contributed by atoms with E-state index in [0.29, 0.717) is 0 Å². The molecule has 0 saturated heterocycles. The Hall–Kier alpha value is -1.67. The van der Waals surface area contributed by atoms with Crippen molar-refractivity contribution in [1.82, 2.24) is 5.32 Å². The first-order valence-electron chi connectivity index (χ1n) is 6.61. The SMILES string of the molecule is CNC(c1cc(C)cc(F)c1)C(C)c1ccccc1. The molecule has 2 heteroatoms. The zero-order valence-corrected chi connectivity index (χ0v) is 11.7. The number of aryl methyl sites for hydroxylation is 1. The summed E-state index contributed by atoms with van der Waals surface area (Å²) in [6.45, 7) is 4.09. The summed E-state index contributed by atoms with van der Waals surface area (Å²) in [6.07, 6.45) is 0. The lowest BCUT2D eigenvalue weighted by atomic mass is 9.88. The smallest absolute Gasteiger partial charge is 0.123 e. The molecule has 0 spiro atoms. The predicted molar refractivity (Wildman–Crippen MR) is 77.8 cm³/mol. The van der Waals surface area contributed by atoms with Crippen LogP contribution in [0.1, 0.15) is 35.6 Å². The molecular weight excluding hydrogens is 237 g/mol. The van der Waals surface area contributed by atoms with Crippen LogP contribution in [-0.4, -0.2) is 7.05 Å². The molecule has 100 valence electrons. The summed E-state index contributed by atoms with van der Waals surface area (Å²) in [5.41, 5.74) is 3.20. The van der Waals surface area contributed by atoms with Gasteiger partial charge in [0.2, 0.25) is 0 Å². The average molecular weight is 257 g/mol. The van der Waals surface area contributed by atoms with Crippen molar-refractivity contribution < 1.29 is 4.39 Å². The molecule has 2 unspecified atom stereocenters. The molecule has 0 aliphatic carbocycles. The van der Waals surface area contributed by atoms with Crippen molar-refractivity contribution in [3.63, 3.8) is 0 Å². The maximum absolute atomic E-state index is 13.6. The lowest BCUT2D eigenvalue weighted by Gasteiger charge is -2.25. The Balaban J connectivity index is 2.34. The van der Waals surface area contributed by atoms with Gasteiger partial charge in [-0.3, -0.25) is 0 Å². The van der Waals surface area contributed by atoms with Gasteiger partial charge in [-0.2, -0.15) is 0 Å². The molecule has 0 fully saturated rings.